The van der Waals surface area contributed by atoms with Gasteiger partial charge in [-0.25, -0.2) is 4.79 Å². The van der Waals surface area contributed by atoms with Crippen molar-refractivity contribution in [2.75, 3.05) is 12.3 Å². The number of thiophene rings is 1. The van der Waals surface area contributed by atoms with Crippen molar-refractivity contribution in [2.24, 2.45) is 5.92 Å². The lowest BCUT2D eigenvalue weighted by atomic mass is 10.00. The average molecular weight is 267 g/mol. The lowest BCUT2D eigenvalue weighted by Gasteiger charge is -2.08. The van der Waals surface area contributed by atoms with Crippen molar-refractivity contribution in [3.05, 3.63) is 16.0 Å². The van der Waals surface area contributed by atoms with Gasteiger partial charge in [-0.15, -0.1) is 11.3 Å². The highest BCUT2D eigenvalue weighted by molar-refractivity contribution is 7.16. The molecular formula is C14H21NO2S. The minimum Gasteiger partial charge on any atom is -0.462 e. The standard InChI is InChI=1S/C14H21NO2S/c1-4-17-14(16)12-11(9-5-6-9)10(7-8(2)3)18-13(12)15/h8-9H,4-7,15H2,1-3H3. The Morgan fingerprint density at radius 2 is 2.17 bits per heavy atom. The van der Waals surface area contributed by atoms with Crippen molar-refractivity contribution in [3.63, 3.8) is 0 Å². The third-order valence-electron chi connectivity index (χ3n) is 3.11. The van der Waals surface area contributed by atoms with E-state index in [1.807, 2.05) is 6.92 Å². The molecule has 0 atom stereocenters. The van der Waals surface area contributed by atoms with Gasteiger partial charge in [-0.1, -0.05) is 13.8 Å². The summed E-state index contributed by atoms with van der Waals surface area (Å²) in [5, 5.41) is 0.631. The number of nitrogen functional groups attached to an aromatic ring is 1. The first-order chi connectivity index (χ1) is 8.54. The Kier molecular flexibility index (Phi) is 3.95. The first-order valence-corrected chi connectivity index (χ1v) is 7.44. The second-order valence-electron chi connectivity index (χ2n) is 5.27. The quantitative estimate of drug-likeness (QED) is 0.830. The smallest absolute Gasteiger partial charge is 0.341 e. The maximum Gasteiger partial charge on any atom is 0.341 e. The van der Waals surface area contributed by atoms with Crippen molar-refractivity contribution < 1.29 is 9.53 Å². The van der Waals surface area contributed by atoms with Gasteiger partial charge < -0.3 is 10.5 Å². The van der Waals surface area contributed by atoms with E-state index >= 15 is 0 Å². The number of carbonyl (C=O) groups is 1. The van der Waals surface area contributed by atoms with Gasteiger partial charge in [-0.05, 0) is 43.6 Å². The molecule has 1 heterocycles. The van der Waals surface area contributed by atoms with Gasteiger partial charge in [0, 0.05) is 4.88 Å². The van der Waals surface area contributed by atoms with E-state index in [4.69, 9.17) is 10.5 Å². The Morgan fingerprint density at radius 3 is 2.67 bits per heavy atom. The molecule has 100 valence electrons. The zero-order chi connectivity index (χ0) is 13.3. The number of esters is 1. The number of carbonyl (C=O) groups excluding carboxylic acids is 1. The maximum atomic E-state index is 12.0. The van der Waals surface area contributed by atoms with Gasteiger partial charge in [-0.2, -0.15) is 0 Å². The Hall–Kier alpha value is -1.03. The largest absolute Gasteiger partial charge is 0.462 e. The SMILES string of the molecule is CCOC(=O)c1c(N)sc(CC(C)C)c1C1CC1. The topological polar surface area (TPSA) is 52.3 Å². The molecule has 0 spiro atoms. The predicted octanol–water partition coefficient (Wildman–Crippen LogP) is 3.58. The highest BCUT2D eigenvalue weighted by Crippen LogP contribution is 2.48. The molecule has 0 aliphatic heterocycles. The van der Waals surface area contributed by atoms with E-state index in [0.29, 0.717) is 29.0 Å². The van der Waals surface area contributed by atoms with Crippen LogP contribution in [0, 0.1) is 5.92 Å². The molecule has 2 rings (SSSR count). The van der Waals surface area contributed by atoms with Crippen molar-refractivity contribution in [3.8, 4) is 0 Å². The summed E-state index contributed by atoms with van der Waals surface area (Å²) in [6.45, 7) is 6.61. The molecule has 18 heavy (non-hydrogen) atoms. The summed E-state index contributed by atoms with van der Waals surface area (Å²) in [7, 11) is 0. The summed E-state index contributed by atoms with van der Waals surface area (Å²) in [6, 6.07) is 0. The second kappa shape index (κ2) is 5.31. The predicted molar refractivity (Wildman–Crippen MR) is 75.2 cm³/mol. The van der Waals surface area contributed by atoms with Crippen molar-refractivity contribution in [2.45, 2.75) is 46.0 Å². The van der Waals surface area contributed by atoms with Crippen molar-refractivity contribution >= 4 is 22.3 Å². The average Bonchev–Trinajstić information content (AvgIpc) is 3.03. The minimum atomic E-state index is -0.247. The number of hydrogen-bond acceptors (Lipinski definition) is 4. The maximum absolute atomic E-state index is 12.0. The Labute approximate surface area is 112 Å². The van der Waals surface area contributed by atoms with E-state index < -0.39 is 0 Å². The zero-order valence-electron chi connectivity index (χ0n) is 11.3. The molecule has 0 saturated heterocycles. The van der Waals surface area contributed by atoms with Gasteiger partial charge in [-0.3, -0.25) is 0 Å². The fraction of sp³-hybridized carbons (Fsp3) is 0.643. The zero-order valence-corrected chi connectivity index (χ0v) is 12.1. The van der Waals surface area contributed by atoms with Crippen LogP contribution in [0.4, 0.5) is 5.00 Å². The Balaban J connectivity index is 2.38. The number of rotatable bonds is 5. The minimum absolute atomic E-state index is 0.247. The second-order valence-corrected chi connectivity index (χ2v) is 6.41. The molecule has 2 N–H and O–H groups in total. The summed E-state index contributed by atoms with van der Waals surface area (Å²) in [4.78, 5) is 13.3. The van der Waals surface area contributed by atoms with Crippen LogP contribution in [0.1, 0.15) is 60.3 Å². The van der Waals surface area contributed by atoms with Crippen LogP contribution in [0.3, 0.4) is 0 Å². The highest BCUT2D eigenvalue weighted by Gasteiger charge is 2.34. The first-order valence-electron chi connectivity index (χ1n) is 6.62. The molecule has 1 saturated carbocycles. The molecule has 1 aliphatic carbocycles. The molecule has 1 aliphatic rings. The summed E-state index contributed by atoms with van der Waals surface area (Å²) in [5.41, 5.74) is 7.87. The Bertz CT molecular complexity index is 447. The van der Waals surface area contributed by atoms with Gasteiger partial charge >= 0.3 is 5.97 Å². The molecule has 1 fully saturated rings. The van der Waals surface area contributed by atoms with Crippen LogP contribution in [0.15, 0.2) is 0 Å². The number of ether oxygens (including phenoxy) is 1. The molecular weight excluding hydrogens is 246 g/mol. The van der Waals surface area contributed by atoms with Gasteiger partial charge in [0.1, 0.15) is 5.00 Å². The van der Waals surface area contributed by atoms with Crippen LogP contribution in [0.25, 0.3) is 0 Å². The highest BCUT2D eigenvalue weighted by atomic mass is 32.1. The molecule has 4 heteroatoms. The van der Waals surface area contributed by atoms with Gasteiger partial charge in [0.25, 0.3) is 0 Å². The summed E-state index contributed by atoms with van der Waals surface area (Å²) >= 11 is 1.57. The number of hydrogen-bond donors (Lipinski definition) is 1. The van der Waals surface area contributed by atoms with Gasteiger partial charge in [0.15, 0.2) is 0 Å². The first kappa shape index (κ1) is 13.4. The summed E-state index contributed by atoms with van der Waals surface area (Å²) in [5.74, 6) is 0.866. The fourth-order valence-corrected chi connectivity index (χ4v) is 3.61. The Morgan fingerprint density at radius 1 is 1.50 bits per heavy atom. The normalized spacial score (nSPS) is 15.1. The molecule has 0 radical (unpaired) electrons. The molecule has 1 aromatic heterocycles. The number of anilines is 1. The molecule has 0 amide bonds. The van der Waals surface area contributed by atoms with Crippen LogP contribution >= 0.6 is 11.3 Å². The van der Waals surface area contributed by atoms with E-state index in [0.717, 1.165) is 6.42 Å². The van der Waals surface area contributed by atoms with Crippen LogP contribution in [0.2, 0.25) is 0 Å². The van der Waals surface area contributed by atoms with Crippen LogP contribution in [-0.4, -0.2) is 12.6 Å². The van der Waals surface area contributed by atoms with Crippen molar-refractivity contribution in [1.29, 1.82) is 0 Å². The summed E-state index contributed by atoms with van der Waals surface area (Å²) in [6.07, 6.45) is 3.35. The number of nitrogens with two attached hydrogens (primary N) is 1. The van der Waals surface area contributed by atoms with E-state index in [-0.39, 0.29) is 5.97 Å². The lowest BCUT2D eigenvalue weighted by Crippen LogP contribution is -2.09. The van der Waals surface area contributed by atoms with Gasteiger partial charge in [0.2, 0.25) is 0 Å². The van der Waals surface area contributed by atoms with Gasteiger partial charge in [0.05, 0.1) is 12.2 Å². The van der Waals surface area contributed by atoms with Crippen LogP contribution in [0.5, 0.6) is 0 Å². The summed E-state index contributed by atoms with van der Waals surface area (Å²) < 4.78 is 5.13. The molecule has 0 unspecified atom stereocenters. The van der Waals surface area contributed by atoms with Crippen LogP contribution < -0.4 is 5.73 Å². The fourth-order valence-electron chi connectivity index (χ4n) is 2.25. The third kappa shape index (κ3) is 2.69. The molecule has 0 aromatic carbocycles. The molecule has 0 bridgehead atoms. The molecule has 3 nitrogen and oxygen atoms in total. The lowest BCUT2D eigenvalue weighted by molar-refractivity contribution is 0.0526. The van der Waals surface area contributed by atoms with Crippen LogP contribution in [-0.2, 0) is 11.2 Å². The monoisotopic (exact) mass is 267 g/mol. The van der Waals surface area contributed by atoms with E-state index in [9.17, 15) is 4.79 Å². The molecule has 1 aromatic rings. The van der Waals surface area contributed by atoms with E-state index in [1.165, 1.54) is 23.3 Å². The third-order valence-corrected chi connectivity index (χ3v) is 4.17. The van der Waals surface area contributed by atoms with Crippen molar-refractivity contribution in [1.82, 2.24) is 0 Å². The van der Waals surface area contributed by atoms with E-state index in [2.05, 4.69) is 13.8 Å². The van der Waals surface area contributed by atoms with E-state index in [1.54, 1.807) is 11.3 Å².